The summed E-state index contributed by atoms with van der Waals surface area (Å²) in [5.41, 5.74) is 0.983. The van der Waals surface area contributed by atoms with Crippen molar-refractivity contribution >= 4 is 0 Å². The first kappa shape index (κ1) is 19.9. The molecule has 1 aromatic carbocycles. The summed E-state index contributed by atoms with van der Waals surface area (Å²) in [6, 6.07) is 7.81. The zero-order chi connectivity index (χ0) is 17.5. The lowest BCUT2D eigenvalue weighted by molar-refractivity contribution is -0.172. The Morgan fingerprint density at radius 3 is 1.35 bits per heavy atom. The molecule has 1 N–H and O–H groups in total. The van der Waals surface area contributed by atoms with Gasteiger partial charge in [-0.15, -0.1) is 0 Å². The molecule has 0 spiro atoms. The van der Waals surface area contributed by atoms with Gasteiger partial charge in [-0.1, -0.05) is 59.7 Å². The molecule has 0 unspecified atom stereocenters. The van der Waals surface area contributed by atoms with E-state index in [0.717, 1.165) is 44.8 Å². The molecule has 0 aliphatic carbocycles. The summed E-state index contributed by atoms with van der Waals surface area (Å²) in [7, 11) is 0. The lowest BCUT2D eigenvalue weighted by Gasteiger charge is -2.56. The van der Waals surface area contributed by atoms with Crippen molar-refractivity contribution in [3.8, 4) is 5.75 Å². The molecular formula is C19H35N3O. The van der Waals surface area contributed by atoms with E-state index < -0.39 is 5.79 Å². The van der Waals surface area contributed by atoms with Crippen molar-refractivity contribution in [2.24, 2.45) is 0 Å². The molecular weight excluding hydrogens is 286 g/mol. The van der Waals surface area contributed by atoms with Gasteiger partial charge in [0.2, 0.25) is 0 Å². The summed E-state index contributed by atoms with van der Waals surface area (Å²) < 4.78 is 0. The average Bonchev–Trinajstić information content (AvgIpc) is 2.57. The Morgan fingerprint density at radius 2 is 1.04 bits per heavy atom. The summed E-state index contributed by atoms with van der Waals surface area (Å²) in [5, 5.41) is 10.7. The lowest BCUT2D eigenvalue weighted by Crippen LogP contribution is -2.67. The van der Waals surface area contributed by atoms with Crippen molar-refractivity contribution in [1.29, 1.82) is 0 Å². The van der Waals surface area contributed by atoms with Crippen LogP contribution in [0, 0.1) is 0 Å². The van der Waals surface area contributed by atoms with Crippen LogP contribution >= 0.6 is 0 Å². The summed E-state index contributed by atoms with van der Waals surface area (Å²) >= 11 is 0. The maximum atomic E-state index is 10.7. The third-order valence-corrected chi connectivity index (χ3v) is 4.88. The van der Waals surface area contributed by atoms with Crippen molar-refractivity contribution in [1.82, 2.24) is 14.7 Å². The molecule has 0 aliphatic rings. The lowest BCUT2D eigenvalue weighted by atomic mass is 9.99. The second-order valence-corrected chi connectivity index (χ2v) is 5.67. The van der Waals surface area contributed by atoms with Gasteiger partial charge in [0.15, 0.2) is 5.79 Å². The van der Waals surface area contributed by atoms with Crippen LogP contribution < -0.4 is 0 Å². The average molecular weight is 322 g/mol. The second-order valence-electron chi connectivity index (χ2n) is 5.67. The number of hydrogen-bond donors (Lipinski definition) is 1. The first-order valence-electron chi connectivity index (χ1n) is 9.11. The van der Waals surface area contributed by atoms with E-state index in [0.29, 0.717) is 5.75 Å². The van der Waals surface area contributed by atoms with Crippen molar-refractivity contribution < 1.29 is 5.11 Å². The van der Waals surface area contributed by atoms with Gasteiger partial charge in [-0.25, -0.2) is 0 Å². The molecule has 132 valence electrons. The Balaban J connectivity index is 3.74. The molecule has 0 fully saturated rings. The molecule has 1 rings (SSSR count). The van der Waals surface area contributed by atoms with E-state index in [9.17, 15) is 5.11 Å². The van der Waals surface area contributed by atoms with Crippen LogP contribution in [0.5, 0.6) is 5.75 Å². The Kier molecular flexibility index (Phi) is 8.03. The highest BCUT2D eigenvalue weighted by molar-refractivity contribution is 5.37. The van der Waals surface area contributed by atoms with Gasteiger partial charge in [-0.2, -0.15) is 0 Å². The minimum Gasteiger partial charge on any atom is -0.507 e. The molecule has 0 radical (unpaired) electrons. The van der Waals surface area contributed by atoms with Crippen molar-refractivity contribution in [2.75, 3.05) is 39.3 Å². The van der Waals surface area contributed by atoms with Gasteiger partial charge in [0.05, 0.1) is 0 Å². The first-order valence-corrected chi connectivity index (χ1v) is 9.11. The molecule has 0 amide bonds. The smallest absolute Gasteiger partial charge is 0.161 e. The van der Waals surface area contributed by atoms with E-state index in [1.807, 2.05) is 12.1 Å². The summed E-state index contributed by atoms with van der Waals surface area (Å²) in [6.07, 6.45) is 0. The SMILES string of the molecule is CCN(CC)C(c1ccccc1O)(N(CC)CC)N(CC)CC. The quantitative estimate of drug-likeness (QED) is 0.668. The molecule has 4 nitrogen and oxygen atoms in total. The number of phenols is 1. The van der Waals surface area contributed by atoms with Gasteiger partial charge >= 0.3 is 0 Å². The zero-order valence-corrected chi connectivity index (χ0v) is 15.8. The fourth-order valence-corrected chi connectivity index (χ4v) is 3.86. The van der Waals surface area contributed by atoms with Crippen LogP contribution in [-0.4, -0.2) is 59.1 Å². The number of hydrogen-bond acceptors (Lipinski definition) is 4. The topological polar surface area (TPSA) is 30.0 Å². The standard InChI is InChI=1S/C19H35N3O/c1-7-20(8-2)19(21(9-3)10-4,22(11-5)12-6)17-15-13-14-16-18(17)23/h13-16,23H,7-12H2,1-6H3. The van der Waals surface area contributed by atoms with Crippen LogP contribution in [0.25, 0.3) is 0 Å². The number of rotatable bonds is 10. The predicted octanol–water partition coefficient (Wildman–Crippen LogP) is 3.53. The molecule has 0 heterocycles. The minimum absolute atomic E-state index is 0.373. The highest BCUT2D eigenvalue weighted by Crippen LogP contribution is 2.40. The summed E-state index contributed by atoms with van der Waals surface area (Å²) in [6.45, 7) is 18.8. The summed E-state index contributed by atoms with van der Waals surface area (Å²) in [4.78, 5) is 7.38. The van der Waals surface area contributed by atoms with Gasteiger partial charge in [0.25, 0.3) is 0 Å². The molecule has 0 saturated carbocycles. The number of aromatic hydroxyl groups is 1. The molecule has 0 aliphatic heterocycles. The maximum Gasteiger partial charge on any atom is 0.161 e. The molecule has 1 aromatic rings. The van der Waals surface area contributed by atoms with Gasteiger partial charge in [0.1, 0.15) is 5.75 Å². The maximum absolute atomic E-state index is 10.7. The van der Waals surface area contributed by atoms with Gasteiger partial charge < -0.3 is 5.11 Å². The minimum atomic E-state index is -0.415. The van der Waals surface area contributed by atoms with E-state index >= 15 is 0 Å². The third kappa shape index (κ3) is 3.54. The fraction of sp³-hybridized carbons (Fsp3) is 0.684. The van der Waals surface area contributed by atoms with Crippen molar-refractivity contribution in [3.63, 3.8) is 0 Å². The van der Waals surface area contributed by atoms with Crippen LogP contribution in [0.2, 0.25) is 0 Å². The van der Waals surface area contributed by atoms with Crippen LogP contribution in [-0.2, 0) is 5.79 Å². The third-order valence-electron chi connectivity index (χ3n) is 4.88. The molecule has 0 aromatic heterocycles. The highest BCUT2D eigenvalue weighted by atomic mass is 16.3. The Bertz CT molecular complexity index is 420. The number of benzene rings is 1. The van der Waals surface area contributed by atoms with Crippen molar-refractivity contribution in [3.05, 3.63) is 29.8 Å². The molecule has 23 heavy (non-hydrogen) atoms. The zero-order valence-electron chi connectivity index (χ0n) is 15.8. The van der Waals surface area contributed by atoms with Crippen molar-refractivity contribution in [2.45, 2.75) is 47.3 Å². The van der Waals surface area contributed by atoms with E-state index in [1.54, 1.807) is 6.07 Å². The Morgan fingerprint density at radius 1 is 0.696 bits per heavy atom. The number of para-hydroxylation sites is 1. The van der Waals surface area contributed by atoms with Crippen LogP contribution in [0.1, 0.15) is 47.1 Å². The fourth-order valence-electron chi connectivity index (χ4n) is 3.86. The molecule has 0 atom stereocenters. The van der Waals surface area contributed by atoms with Gasteiger partial charge in [-0.05, 0) is 45.3 Å². The normalized spacial score (nSPS) is 12.6. The highest BCUT2D eigenvalue weighted by Gasteiger charge is 2.47. The Hall–Kier alpha value is -1.10. The summed E-state index contributed by atoms with van der Waals surface area (Å²) in [5.74, 6) is -0.0415. The van der Waals surface area contributed by atoms with E-state index in [4.69, 9.17) is 0 Å². The first-order chi connectivity index (χ1) is 11.1. The van der Waals surface area contributed by atoms with E-state index in [-0.39, 0.29) is 0 Å². The van der Waals surface area contributed by atoms with Gasteiger partial charge in [-0.3, -0.25) is 14.7 Å². The Labute approximate surface area is 142 Å². The molecule has 0 bridgehead atoms. The van der Waals surface area contributed by atoms with E-state index in [1.165, 1.54) is 0 Å². The molecule has 4 heteroatoms. The van der Waals surface area contributed by atoms with Crippen LogP contribution in [0.4, 0.5) is 0 Å². The monoisotopic (exact) mass is 321 g/mol. The van der Waals surface area contributed by atoms with E-state index in [2.05, 4.69) is 62.3 Å². The second kappa shape index (κ2) is 9.26. The number of phenolic OH excluding ortho intramolecular Hbond substituents is 1. The number of nitrogens with zero attached hydrogens (tertiary/aromatic N) is 3. The molecule has 0 saturated heterocycles. The largest absolute Gasteiger partial charge is 0.507 e. The van der Waals surface area contributed by atoms with Crippen LogP contribution in [0.3, 0.4) is 0 Å². The van der Waals surface area contributed by atoms with Gasteiger partial charge in [0, 0.05) is 5.56 Å². The predicted molar refractivity (Wildman–Crippen MR) is 98.5 cm³/mol. The van der Waals surface area contributed by atoms with Crippen LogP contribution in [0.15, 0.2) is 24.3 Å².